The van der Waals surface area contributed by atoms with Gasteiger partial charge in [0, 0.05) is 24.3 Å². The average molecular weight is 437 g/mol. The molecule has 0 radical (unpaired) electrons. The first-order valence-electron chi connectivity index (χ1n) is 9.52. The summed E-state index contributed by atoms with van der Waals surface area (Å²) < 4.78 is 32.5. The molecule has 1 aliphatic rings. The molecule has 2 aromatic rings. The Morgan fingerprint density at radius 2 is 2.07 bits per heavy atom. The van der Waals surface area contributed by atoms with Crippen molar-refractivity contribution < 1.29 is 17.9 Å². The number of carbonyl (C=O) groups excluding carboxylic acids is 1. The fraction of sp³-hybridized carbons (Fsp3) is 0.381. The Morgan fingerprint density at radius 1 is 1.28 bits per heavy atom. The molecule has 0 amide bonds. The minimum atomic E-state index is -3.60. The van der Waals surface area contributed by atoms with Crippen molar-refractivity contribution in [2.24, 2.45) is 5.92 Å². The van der Waals surface area contributed by atoms with Crippen LogP contribution in [0.15, 0.2) is 47.4 Å². The highest BCUT2D eigenvalue weighted by Crippen LogP contribution is 2.27. The number of halogens is 1. The number of piperidine rings is 1. The summed E-state index contributed by atoms with van der Waals surface area (Å²) >= 11 is 6.10. The van der Waals surface area contributed by atoms with E-state index in [1.807, 2.05) is 0 Å². The third kappa shape index (κ3) is 5.10. The Morgan fingerprint density at radius 3 is 2.76 bits per heavy atom. The summed E-state index contributed by atoms with van der Waals surface area (Å²) in [5, 5.41) is 3.45. The Kier molecular flexibility index (Phi) is 6.82. The Labute approximate surface area is 176 Å². The SMILES string of the molecule is COc1ccc(NCC(=O)c2cccc(S(=O)(=O)N3CCCC(C)C3)c2)cc1Cl. The van der Waals surface area contributed by atoms with Crippen LogP contribution in [0.1, 0.15) is 30.1 Å². The molecule has 6 nitrogen and oxygen atoms in total. The highest BCUT2D eigenvalue weighted by molar-refractivity contribution is 7.89. The minimum absolute atomic E-state index is 0.0207. The molecule has 156 valence electrons. The number of hydrogen-bond donors (Lipinski definition) is 1. The van der Waals surface area contributed by atoms with Crippen molar-refractivity contribution in [1.29, 1.82) is 0 Å². The lowest BCUT2D eigenvalue weighted by Crippen LogP contribution is -2.39. The molecule has 1 saturated heterocycles. The molecule has 8 heteroatoms. The third-order valence-corrected chi connectivity index (χ3v) is 7.17. The van der Waals surface area contributed by atoms with E-state index in [1.165, 1.54) is 17.5 Å². The number of ether oxygens (including phenoxy) is 1. The van der Waals surface area contributed by atoms with Crippen molar-refractivity contribution in [3.05, 3.63) is 53.1 Å². The molecule has 1 atom stereocenters. The predicted molar refractivity (Wildman–Crippen MR) is 114 cm³/mol. The van der Waals surface area contributed by atoms with E-state index >= 15 is 0 Å². The Balaban J connectivity index is 1.71. The molecule has 1 N–H and O–H groups in total. The third-order valence-electron chi connectivity index (χ3n) is 5.02. The van der Waals surface area contributed by atoms with Gasteiger partial charge in [-0.05, 0) is 49.1 Å². The van der Waals surface area contributed by atoms with Gasteiger partial charge in [0.25, 0.3) is 0 Å². The largest absolute Gasteiger partial charge is 0.495 e. The predicted octanol–water partition coefficient (Wildman–Crippen LogP) is 4.06. The molecular weight excluding hydrogens is 412 g/mol. The molecule has 0 bridgehead atoms. The molecule has 3 rings (SSSR count). The average Bonchev–Trinajstić information content (AvgIpc) is 2.72. The molecule has 2 aromatic carbocycles. The van der Waals surface area contributed by atoms with Crippen molar-refractivity contribution in [3.8, 4) is 5.75 Å². The number of methoxy groups -OCH3 is 1. The van der Waals surface area contributed by atoms with E-state index in [0.717, 1.165) is 12.8 Å². The maximum atomic E-state index is 13.0. The quantitative estimate of drug-likeness (QED) is 0.662. The molecular formula is C21H25ClN2O4S. The van der Waals surface area contributed by atoms with Crippen molar-refractivity contribution in [2.75, 3.05) is 32.1 Å². The summed E-state index contributed by atoms with van der Waals surface area (Å²) in [6.45, 7) is 3.11. The molecule has 0 aromatic heterocycles. The van der Waals surface area contributed by atoms with E-state index in [2.05, 4.69) is 12.2 Å². The summed E-state index contributed by atoms with van der Waals surface area (Å²) in [4.78, 5) is 12.8. The normalized spacial score (nSPS) is 17.7. The fourth-order valence-corrected chi connectivity index (χ4v) is 5.31. The maximum absolute atomic E-state index is 13.0. The molecule has 29 heavy (non-hydrogen) atoms. The van der Waals surface area contributed by atoms with Gasteiger partial charge in [-0.2, -0.15) is 4.31 Å². The van der Waals surface area contributed by atoms with Crippen molar-refractivity contribution in [3.63, 3.8) is 0 Å². The van der Waals surface area contributed by atoms with E-state index in [0.29, 0.717) is 41.0 Å². The van der Waals surface area contributed by atoms with Gasteiger partial charge in [-0.25, -0.2) is 8.42 Å². The van der Waals surface area contributed by atoms with E-state index in [4.69, 9.17) is 16.3 Å². The lowest BCUT2D eigenvalue weighted by atomic mass is 10.0. The van der Waals surface area contributed by atoms with Gasteiger partial charge >= 0.3 is 0 Å². The van der Waals surface area contributed by atoms with Gasteiger partial charge in [0.1, 0.15) is 5.75 Å². The van der Waals surface area contributed by atoms with Crippen LogP contribution in [0.5, 0.6) is 5.75 Å². The van der Waals surface area contributed by atoms with Gasteiger partial charge in [-0.1, -0.05) is 30.7 Å². The monoisotopic (exact) mass is 436 g/mol. The van der Waals surface area contributed by atoms with Gasteiger partial charge in [-0.3, -0.25) is 4.79 Å². The zero-order chi connectivity index (χ0) is 21.0. The zero-order valence-corrected chi connectivity index (χ0v) is 18.1. The molecule has 1 unspecified atom stereocenters. The summed E-state index contributed by atoms with van der Waals surface area (Å²) in [5.41, 5.74) is 1.03. The molecule has 0 saturated carbocycles. The second-order valence-corrected chi connectivity index (χ2v) is 9.61. The number of benzene rings is 2. The Hall–Kier alpha value is -2.09. The number of sulfonamides is 1. The first-order valence-corrected chi connectivity index (χ1v) is 11.3. The van der Waals surface area contributed by atoms with E-state index in [-0.39, 0.29) is 17.2 Å². The second-order valence-electron chi connectivity index (χ2n) is 7.26. The molecule has 1 fully saturated rings. The lowest BCUT2D eigenvalue weighted by molar-refractivity contribution is 0.101. The number of ketones is 1. The first-order chi connectivity index (χ1) is 13.8. The smallest absolute Gasteiger partial charge is 0.243 e. The maximum Gasteiger partial charge on any atom is 0.243 e. The summed E-state index contributed by atoms with van der Waals surface area (Å²) in [6.07, 6.45) is 1.89. The summed E-state index contributed by atoms with van der Waals surface area (Å²) in [7, 11) is -2.07. The number of rotatable bonds is 7. The minimum Gasteiger partial charge on any atom is -0.495 e. The van der Waals surface area contributed by atoms with E-state index < -0.39 is 10.0 Å². The van der Waals surface area contributed by atoms with Crippen LogP contribution in [-0.2, 0) is 10.0 Å². The number of hydrogen-bond acceptors (Lipinski definition) is 5. The molecule has 1 aliphatic heterocycles. The highest BCUT2D eigenvalue weighted by Gasteiger charge is 2.29. The second kappa shape index (κ2) is 9.15. The van der Waals surface area contributed by atoms with Gasteiger partial charge in [0.05, 0.1) is 23.6 Å². The van der Waals surface area contributed by atoms with Crippen molar-refractivity contribution >= 4 is 33.1 Å². The number of nitrogens with zero attached hydrogens (tertiary/aromatic N) is 1. The number of carbonyl (C=O) groups is 1. The van der Waals surface area contributed by atoms with Crippen LogP contribution in [0.25, 0.3) is 0 Å². The molecule has 0 spiro atoms. The topological polar surface area (TPSA) is 75.7 Å². The van der Waals surface area contributed by atoms with Gasteiger partial charge in [0.15, 0.2) is 5.78 Å². The van der Waals surface area contributed by atoms with Gasteiger partial charge < -0.3 is 10.1 Å². The Bertz CT molecular complexity index is 994. The van der Waals surface area contributed by atoms with Crippen LogP contribution in [0, 0.1) is 5.92 Å². The lowest BCUT2D eigenvalue weighted by Gasteiger charge is -2.30. The molecule has 0 aliphatic carbocycles. The summed E-state index contributed by atoms with van der Waals surface area (Å²) in [5.74, 6) is 0.679. The van der Waals surface area contributed by atoms with Crippen molar-refractivity contribution in [2.45, 2.75) is 24.7 Å². The van der Waals surface area contributed by atoms with Crippen LogP contribution < -0.4 is 10.1 Å². The number of nitrogens with one attached hydrogen (secondary N) is 1. The fourth-order valence-electron chi connectivity index (χ4n) is 3.40. The van der Waals surface area contributed by atoms with Crippen LogP contribution in [0.4, 0.5) is 5.69 Å². The van der Waals surface area contributed by atoms with E-state index in [9.17, 15) is 13.2 Å². The van der Waals surface area contributed by atoms with Crippen LogP contribution in [0.3, 0.4) is 0 Å². The van der Waals surface area contributed by atoms with Crippen molar-refractivity contribution in [1.82, 2.24) is 4.31 Å². The molecule has 1 heterocycles. The number of anilines is 1. The van der Waals surface area contributed by atoms with Crippen LogP contribution in [0.2, 0.25) is 5.02 Å². The van der Waals surface area contributed by atoms with Gasteiger partial charge in [-0.15, -0.1) is 0 Å². The van der Waals surface area contributed by atoms with E-state index in [1.54, 1.807) is 36.4 Å². The standard InChI is InChI=1S/C21H25ClN2O4S/c1-15-5-4-10-24(14-15)29(26,27)18-7-3-6-16(11-18)20(25)13-23-17-8-9-21(28-2)19(22)12-17/h3,6-9,11-12,15,23H,4-5,10,13-14H2,1-2H3. The highest BCUT2D eigenvalue weighted by atomic mass is 35.5. The summed E-state index contributed by atoms with van der Waals surface area (Å²) in [6, 6.07) is 11.4. The first kappa shape index (κ1) is 21.6. The zero-order valence-electron chi connectivity index (χ0n) is 16.5. The van der Waals surface area contributed by atoms with Gasteiger partial charge in [0.2, 0.25) is 10.0 Å². The number of Topliss-reactive ketones (excluding diaryl/α,β-unsaturated/α-hetero) is 1. The van der Waals surface area contributed by atoms with Crippen LogP contribution >= 0.6 is 11.6 Å². The van der Waals surface area contributed by atoms with Crippen LogP contribution in [-0.4, -0.2) is 45.3 Å².